The molecule has 0 aliphatic heterocycles. The van der Waals surface area contributed by atoms with E-state index < -0.39 is 5.97 Å². The van der Waals surface area contributed by atoms with Crippen molar-refractivity contribution in [1.29, 1.82) is 0 Å². The van der Waals surface area contributed by atoms with E-state index in [1.807, 2.05) is 32.2 Å². The summed E-state index contributed by atoms with van der Waals surface area (Å²) in [7, 11) is 1.85. The van der Waals surface area contributed by atoms with Crippen LogP contribution < -0.4 is 10.1 Å². The lowest BCUT2D eigenvalue weighted by molar-refractivity contribution is -0.143. The summed E-state index contributed by atoms with van der Waals surface area (Å²) in [5, 5.41) is 21.2. The number of anilines is 1. The Morgan fingerprint density at radius 1 is 1.26 bits per heavy atom. The smallest absolute Gasteiger partial charge is 0.306 e. The predicted octanol–water partition coefficient (Wildman–Crippen LogP) is 3.99. The van der Waals surface area contributed by atoms with Crippen LogP contribution in [0.2, 0.25) is 0 Å². The lowest BCUT2D eigenvalue weighted by Gasteiger charge is -2.28. The molecule has 3 aromatic heterocycles. The Morgan fingerprint density at radius 2 is 2.09 bits per heavy atom. The quantitative estimate of drug-likeness (QED) is 0.468. The molecule has 186 valence electrons. The van der Waals surface area contributed by atoms with Gasteiger partial charge in [0.2, 0.25) is 5.95 Å². The zero-order valence-corrected chi connectivity index (χ0v) is 20.7. The number of carbonyl (C=O) groups is 1. The molecule has 35 heavy (non-hydrogen) atoms. The van der Waals surface area contributed by atoms with Crippen LogP contribution in [0, 0.1) is 5.92 Å². The molecule has 10 nitrogen and oxygen atoms in total. The molecule has 10 heteroatoms. The topological polar surface area (TPSA) is 128 Å². The van der Waals surface area contributed by atoms with E-state index in [0.717, 1.165) is 29.9 Å². The van der Waals surface area contributed by atoms with E-state index in [9.17, 15) is 9.90 Å². The van der Waals surface area contributed by atoms with Crippen LogP contribution in [0.25, 0.3) is 11.4 Å². The third-order valence-corrected chi connectivity index (χ3v) is 6.40. The molecule has 0 aromatic carbocycles. The second kappa shape index (κ2) is 10.8. The van der Waals surface area contributed by atoms with Crippen LogP contribution in [0.3, 0.4) is 0 Å². The highest BCUT2D eigenvalue weighted by Gasteiger charge is 2.28. The molecule has 0 saturated heterocycles. The molecule has 0 bridgehead atoms. The van der Waals surface area contributed by atoms with Crippen molar-refractivity contribution < 1.29 is 14.6 Å². The lowest BCUT2D eigenvalue weighted by Crippen LogP contribution is -2.29. The van der Waals surface area contributed by atoms with Crippen molar-refractivity contribution in [2.75, 3.05) is 5.32 Å². The van der Waals surface area contributed by atoms with Gasteiger partial charge < -0.3 is 15.2 Å². The third kappa shape index (κ3) is 5.75. The molecule has 1 aliphatic carbocycles. The number of aryl methyl sites for hydroxylation is 2. The number of hydrogen-bond acceptors (Lipinski definition) is 8. The Kier molecular flexibility index (Phi) is 7.57. The summed E-state index contributed by atoms with van der Waals surface area (Å²) in [6, 6.07) is 5.71. The molecule has 0 radical (unpaired) electrons. The molecule has 1 aliphatic rings. The maximum Gasteiger partial charge on any atom is 0.306 e. The van der Waals surface area contributed by atoms with Gasteiger partial charge in [0, 0.05) is 18.9 Å². The SMILES string of the molecule is CCc1nc(-c2nnn(C)c2CNc2nccc(C(C)C)n2)ccc1O[C@H]1CCC[C@H](C(=O)O)C1. The van der Waals surface area contributed by atoms with Gasteiger partial charge >= 0.3 is 5.97 Å². The van der Waals surface area contributed by atoms with Crippen LogP contribution in [0.15, 0.2) is 24.4 Å². The van der Waals surface area contributed by atoms with Crippen LogP contribution in [0.1, 0.15) is 69.5 Å². The minimum absolute atomic E-state index is 0.110. The zero-order valence-electron chi connectivity index (χ0n) is 20.7. The van der Waals surface area contributed by atoms with Crippen molar-refractivity contribution in [3.8, 4) is 17.1 Å². The van der Waals surface area contributed by atoms with Crippen molar-refractivity contribution >= 4 is 11.9 Å². The normalized spacial score (nSPS) is 18.0. The summed E-state index contributed by atoms with van der Waals surface area (Å²) >= 11 is 0. The number of hydrogen-bond donors (Lipinski definition) is 2. The first-order valence-electron chi connectivity index (χ1n) is 12.2. The monoisotopic (exact) mass is 479 g/mol. The first-order valence-corrected chi connectivity index (χ1v) is 12.2. The molecule has 0 unspecified atom stereocenters. The fraction of sp³-hybridized carbons (Fsp3) is 0.520. The summed E-state index contributed by atoms with van der Waals surface area (Å²) in [5.74, 6) is 0.489. The van der Waals surface area contributed by atoms with Crippen molar-refractivity contribution in [3.63, 3.8) is 0 Å². The van der Waals surface area contributed by atoms with Gasteiger partial charge in [-0.2, -0.15) is 0 Å². The molecule has 3 aromatic rings. The number of nitrogens with one attached hydrogen (secondary N) is 1. The molecule has 1 fully saturated rings. The highest BCUT2D eigenvalue weighted by atomic mass is 16.5. The number of carboxylic acid groups (broad SMARTS) is 1. The maximum atomic E-state index is 11.4. The number of aromatic nitrogens is 6. The highest BCUT2D eigenvalue weighted by molar-refractivity contribution is 5.70. The van der Waals surface area contributed by atoms with E-state index in [0.29, 0.717) is 54.8 Å². The Hall–Kier alpha value is -3.56. The summed E-state index contributed by atoms with van der Waals surface area (Å²) in [6.07, 6.45) is 5.28. The van der Waals surface area contributed by atoms with Crippen molar-refractivity contribution in [3.05, 3.63) is 41.5 Å². The first-order chi connectivity index (χ1) is 16.9. The Bertz CT molecular complexity index is 1180. The average molecular weight is 480 g/mol. The summed E-state index contributed by atoms with van der Waals surface area (Å²) < 4.78 is 7.95. The van der Waals surface area contributed by atoms with E-state index in [2.05, 4.69) is 39.4 Å². The van der Waals surface area contributed by atoms with E-state index >= 15 is 0 Å². The number of rotatable bonds is 9. The largest absolute Gasteiger partial charge is 0.488 e. The molecule has 2 N–H and O–H groups in total. The molecule has 1 saturated carbocycles. The minimum atomic E-state index is -0.743. The number of pyridine rings is 1. The van der Waals surface area contributed by atoms with Crippen LogP contribution >= 0.6 is 0 Å². The third-order valence-electron chi connectivity index (χ3n) is 6.40. The van der Waals surface area contributed by atoms with Gasteiger partial charge in [-0.15, -0.1) is 5.10 Å². The number of nitrogens with zero attached hydrogens (tertiary/aromatic N) is 6. The molecule has 2 atom stereocenters. The highest BCUT2D eigenvalue weighted by Crippen LogP contribution is 2.31. The van der Waals surface area contributed by atoms with Gasteiger partial charge in [0.25, 0.3) is 0 Å². The van der Waals surface area contributed by atoms with Gasteiger partial charge in [0.1, 0.15) is 11.4 Å². The molecular weight excluding hydrogens is 446 g/mol. The minimum Gasteiger partial charge on any atom is -0.488 e. The molecule has 0 spiro atoms. The van der Waals surface area contributed by atoms with Crippen molar-refractivity contribution in [2.45, 2.75) is 71.4 Å². The maximum absolute atomic E-state index is 11.4. The van der Waals surface area contributed by atoms with Gasteiger partial charge in [-0.1, -0.05) is 26.0 Å². The first kappa shape index (κ1) is 24.6. The van der Waals surface area contributed by atoms with Gasteiger partial charge in [-0.3, -0.25) is 4.79 Å². The fourth-order valence-electron chi connectivity index (χ4n) is 4.35. The average Bonchev–Trinajstić information content (AvgIpc) is 3.23. The Labute approximate surface area is 205 Å². The fourth-order valence-corrected chi connectivity index (χ4v) is 4.35. The van der Waals surface area contributed by atoms with E-state index in [1.54, 1.807) is 10.9 Å². The van der Waals surface area contributed by atoms with E-state index in [-0.39, 0.29) is 12.0 Å². The van der Waals surface area contributed by atoms with Gasteiger partial charge in [0.15, 0.2) is 0 Å². The predicted molar refractivity (Wildman–Crippen MR) is 131 cm³/mol. The summed E-state index contributed by atoms with van der Waals surface area (Å²) in [4.78, 5) is 25.1. The van der Waals surface area contributed by atoms with Gasteiger partial charge in [-0.25, -0.2) is 19.6 Å². The van der Waals surface area contributed by atoms with Crippen LogP contribution in [-0.4, -0.2) is 47.1 Å². The van der Waals surface area contributed by atoms with Crippen molar-refractivity contribution in [1.82, 2.24) is 29.9 Å². The summed E-state index contributed by atoms with van der Waals surface area (Å²) in [6.45, 7) is 6.66. The lowest BCUT2D eigenvalue weighted by atomic mass is 9.87. The number of aliphatic carboxylic acids is 1. The van der Waals surface area contributed by atoms with Crippen LogP contribution in [-0.2, 0) is 24.8 Å². The van der Waals surface area contributed by atoms with Crippen LogP contribution in [0.5, 0.6) is 5.75 Å². The van der Waals surface area contributed by atoms with E-state index in [4.69, 9.17) is 9.72 Å². The molecule has 3 heterocycles. The van der Waals surface area contributed by atoms with Crippen molar-refractivity contribution in [2.24, 2.45) is 13.0 Å². The standard InChI is InChI=1S/C25H33N7O3/c1-5-18-22(35-17-8-6-7-16(13-17)24(33)34)10-9-20(28-18)23-21(32(4)31-30-23)14-27-25-26-12-11-19(29-25)15(2)3/h9-12,15-17H,5-8,13-14H2,1-4H3,(H,33,34)(H,26,27,29)/t16-,17-/m0/s1. The molecular formula is C25H33N7O3. The second-order valence-corrected chi connectivity index (χ2v) is 9.26. The van der Waals surface area contributed by atoms with Gasteiger partial charge in [-0.05, 0) is 56.2 Å². The molecule has 0 amide bonds. The van der Waals surface area contributed by atoms with E-state index in [1.165, 1.54) is 0 Å². The van der Waals surface area contributed by atoms with Gasteiger partial charge in [0.05, 0.1) is 35.6 Å². The summed E-state index contributed by atoms with van der Waals surface area (Å²) in [5.41, 5.74) is 4.05. The molecule has 4 rings (SSSR count). The number of ether oxygens (including phenoxy) is 1. The number of carboxylic acids is 1. The van der Waals surface area contributed by atoms with Crippen LogP contribution in [0.4, 0.5) is 5.95 Å². The second-order valence-electron chi connectivity index (χ2n) is 9.26. The zero-order chi connectivity index (χ0) is 24.9. The Morgan fingerprint density at radius 3 is 2.83 bits per heavy atom. The Balaban J connectivity index is 1.51.